The van der Waals surface area contributed by atoms with Gasteiger partial charge in [-0.15, -0.1) is 0 Å². The number of hydrogen-bond acceptors (Lipinski definition) is 3. The van der Waals surface area contributed by atoms with Gasteiger partial charge in [-0.05, 0) is 55.7 Å². The van der Waals surface area contributed by atoms with Crippen LogP contribution in [0.25, 0.3) is 0 Å². The van der Waals surface area contributed by atoms with Gasteiger partial charge in [-0.1, -0.05) is 81.5 Å². The van der Waals surface area contributed by atoms with Crippen LogP contribution in [0.2, 0.25) is 0 Å². The lowest BCUT2D eigenvalue weighted by Gasteiger charge is -2.30. The third-order valence-corrected chi connectivity index (χ3v) is 7.33. The fourth-order valence-electron chi connectivity index (χ4n) is 4.95. The number of carbonyl (C=O) groups is 2. The number of ether oxygens (including phenoxy) is 1. The molecule has 0 atom stereocenters. The van der Waals surface area contributed by atoms with Gasteiger partial charge in [0.05, 0.1) is 20.2 Å². The Hall–Kier alpha value is -3.54. The van der Waals surface area contributed by atoms with Crippen molar-refractivity contribution >= 4 is 11.8 Å². The summed E-state index contributed by atoms with van der Waals surface area (Å²) in [6, 6.07) is 22.1. The second-order valence-electron chi connectivity index (χ2n) is 10.8. The molecule has 0 saturated carbocycles. The van der Waals surface area contributed by atoms with Gasteiger partial charge in [0, 0.05) is 37.4 Å². The molecule has 0 spiro atoms. The molecule has 1 heterocycles. The minimum Gasteiger partial charge on any atom is -0.497 e. The van der Waals surface area contributed by atoms with Crippen LogP contribution in [-0.4, -0.2) is 45.9 Å². The summed E-state index contributed by atoms with van der Waals surface area (Å²) in [4.78, 5) is 30.6. The molecule has 6 heteroatoms. The third-order valence-electron chi connectivity index (χ3n) is 7.33. The Morgan fingerprint density at radius 2 is 1.55 bits per heavy atom. The summed E-state index contributed by atoms with van der Waals surface area (Å²) >= 11 is 0. The van der Waals surface area contributed by atoms with Crippen molar-refractivity contribution in [2.75, 3.05) is 13.7 Å². The fourth-order valence-corrected chi connectivity index (χ4v) is 4.95. The molecule has 216 valence electrons. The lowest BCUT2D eigenvalue weighted by atomic mass is 10.1. The number of carbonyl (C=O) groups excluding carboxylic acids is 2. The second kappa shape index (κ2) is 16.5. The highest BCUT2D eigenvalue weighted by atomic mass is 16.5. The minimum absolute atomic E-state index is 0.0351. The summed E-state index contributed by atoms with van der Waals surface area (Å²) in [7, 11) is 1.67. The minimum atomic E-state index is -0.0389. The van der Waals surface area contributed by atoms with Gasteiger partial charge >= 0.3 is 0 Å². The van der Waals surface area contributed by atoms with Crippen LogP contribution in [0.1, 0.15) is 82.5 Å². The highest BCUT2D eigenvalue weighted by molar-refractivity contribution is 5.85. The summed E-state index contributed by atoms with van der Waals surface area (Å²) in [5, 5.41) is 0. The van der Waals surface area contributed by atoms with Crippen LogP contribution >= 0.6 is 0 Å². The molecule has 0 fully saturated rings. The Kier molecular flexibility index (Phi) is 12.8. The van der Waals surface area contributed by atoms with Gasteiger partial charge in [0.2, 0.25) is 11.8 Å². The summed E-state index contributed by atoms with van der Waals surface area (Å²) in [6.07, 6.45) is 9.35. The van der Waals surface area contributed by atoms with Gasteiger partial charge in [-0.2, -0.15) is 0 Å². The molecule has 0 N–H and O–H groups in total. The monoisotopic (exact) mass is 545 g/mol. The van der Waals surface area contributed by atoms with Gasteiger partial charge < -0.3 is 19.1 Å². The zero-order valence-corrected chi connectivity index (χ0v) is 24.9. The van der Waals surface area contributed by atoms with Gasteiger partial charge in [-0.3, -0.25) is 9.59 Å². The van der Waals surface area contributed by atoms with Crippen LogP contribution in [0.4, 0.5) is 0 Å². The van der Waals surface area contributed by atoms with Crippen LogP contribution in [0, 0.1) is 0 Å². The van der Waals surface area contributed by atoms with Crippen LogP contribution in [0.3, 0.4) is 0 Å². The highest BCUT2D eigenvalue weighted by Gasteiger charge is 2.24. The zero-order valence-electron chi connectivity index (χ0n) is 24.9. The first-order valence-electron chi connectivity index (χ1n) is 14.8. The molecule has 0 bridgehead atoms. The largest absolute Gasteiger partial charge is 0.497 e. The SMILES string of the molecule is CCCCCCCCC(=O)N(CC(=O)N(Cc1ccccc1)Cc1cccn1Cc1cccc(OC)c1)C(C)C. The Labute approximate surface area is 240 Å². The number of hydrogen-bond donors (Lipinski definition) is 0. The number of aromatic nitrogens is 1. The van der Waals surface area contributed by atoms with Crippen molar-refractivity contribution in [2.45, 2.75) is 91.4 Å². The quantitative estimate of drug-likeness (QED) is 0.171. The van der Waals surface area contributed by atoms with E-state index in [2.05, 4.69) is 23.6 Å². The molecule has 6 nitrogen and oxygen atoms in total. The Bertz CT molecular complexity index is 1170. The normalized spacial score (nSPS) is 11.0. The summed E-state index contributed by atoms with van der Waals surface area (Å²) < 4.78 is 7.56. The Morgan fingerprint density at radius 1 is 0.825 bits per heavy atom. The summed E-state index contributed by atoms with van der Waals surface area (Å²) in [6.45, 7) is 7.92. The molecule has 3 rings (SSSR count). The van der Waals surface area contributed by atoms with Gasteiger partial charge in [-0.25, -0.2) is 0 Å². The number of amides is 2. The molecular formula is C34H47N3O3. The van der Waals surface area contributed by atoms with E-state index in [4.69, 9.17) is 4.74 Å². The summed E-state index contributed by atoms with van der Waals surface area (Å²) in [5.41, 5.74) is 3.24. The average molecular weight is 546 g/mol. The number of methoxy groups -OCH3 is 1. The summed E-state index contributed by atoms with van der Waals surface area (Å²) in [5.74, 6) is 0.856. The molecule has 0 aliphatic carbocycles. The molecule has 0 unspecified atom stereocenters. The van der Waals surface area contributed by atoms with Crippen molar-refractivity contribution < 1.29 is 14.3 Å². The maximum absolute atomic E-state index is 13.8. The standard InChI is InChI=1S/C34H47N3O3/c1-5-6-7-8-9-13-21-33(38)37(28(2)3)27-34(39)36(24-29-16-11-10-12-17-29)26-31-19-15-22-35(31)25-30-18-14-20-32(23-30)40-4/h10-12,14-20,22-23,28H,5-9,13,21,24-27H2,1-4H3. The lowest BCUT2D eigenvalue weighted by Crippen LogP contribution is -2.45. The van der Waals surface area contributed by atoms with E-state index >= 15 is 0 Å². The Morgan fingerprint density at radius 3 is 2.27 bits per heavy atom. The van der Waals surface area contributed by atoms with Gasteiger partial charge in [0.15, 0.2) is 0 Å². The van der Waals surface area contributed by atoms with E-state index in [9.17, 15) is 9.59 Å². The first kappa shape index (κ1) is 31.0. The molecule has 0 radical (unpaired) electrons. The van der Waals surface area contributed by atoms with Crippen molar-refractivity contribution in [1.29, 1.82) is 0 Å². The van der Waals surface area contributed by atoms with E-state index in [-0.39, 0.29) is 24.4 Å². The van der Waals surface area contributed by atoms with Crippen molar-refractivity contribution in [3.8, 4) is 5.75 Å². The van der Waals surface area contributed by atoms with Gasteiger partial charge in [0.25, 0.3) is 0 Å². The molecule has 2 aromatic carbocycles. The van der Waals surface area contributed by atoms with E-state index in [1.807, 2.05) is 79.5 Å². The average Bonchev–Trinajstić information content (AvgIpc) is 3.39. The maximum Gasteiger partial charge on any atom is 0.242 e. The van der Waals surface area contributed by atoms with E-state index in [1.165, 1.54) is 25.7 Å². The molecule has 0 aliphatic heterocycles. The van der Waals surface area contributed by atoms with Gasteiger partial charge in [0.1, 0.15) is 5.75 Å². The predicted molar refractivity (Wildman–Crippen MR) is 162 cm³/mol. The fraction of sp³-hybridized carbons (Fsp3) is 0.471. The number of unbranched alkanes of at least 4 members (excludes halogenated alkanes) is 5. The molecule has 3 aromatic rings. The first-order valence-corrected chi connectivity index (χ1v) is 14.8. The highest BCUT2D eigenvalue weighted by Crippen LogP contribution is 2.18. The topological polar surface area (TPSA) is 54.8 Å². The predicted octanol–water partition coefficient (Wildman–Crippen LogP) is 7.06. The third kappa shape index (κ3) is 9.89. The van der Waals surface area contributed by atoms with E-state index in [0.717, 1.165) is 35.4 Å². The number of rotatable bonds is 17. The molecule has 2 amide bonds. The molecule has 0 saturated heterocycles. The van der Waals surface area contributed by atoms with Crippen LogP contribution in [0.15, 0.2) is 72.9 Å². The first-order chi connectivity index (χ1) is 19.4. The zero-order chi connectivity index (χ0) is 28.7. The van der Waals surface area contributed by atoms with Crippen LogP contribution in [0.5, 0.6) is 5.75 Å². The number of nitrogens with zero attached hydrogens (tertiary/aromatic N) is 3. The Balaban J connectivity index is 1.72. The van der Waals surface area contributed by atoms with E-state index in [0.29, 0.717) is 26.1 Å². The molecule has 40 heavy (non-hydrogen) atoms. The maximum atomic E-state index is 13.8. The molecule has 1 aromatic heterocycles. The molecular weight excluding hydrogens is 498 g/mol. The lowest BCUT2D eigenvalue weighted by molar-refractivity contribution is -0.142. The van der Waals surface area contributed by atoms with Crippen LogP contribution < -0.4 is 4.74 Å². The van der Waals surface area contributed by atoms with E-state index < -0.39 is 0 Å². The van der Waals surface area contributed by atoms with Crippen molar-refractivity contribution in [3.63, 3.8) is 0 Å². The van der Waals surface area contributed by atoms with Crippen LogP contribution in [-0.2, 0) is 29.2 Å². The van der Waals surface area contributed by atoms with E-state index in [1.54, 1.807) is 12.0 Å². The number of benzene rings is 2. The van der Waals surface area contributed by atoms with Crippen molar-refractivity contribution in [1.82, 2.24) is 14.4 Å². The van der Waals surface area contributed by atoms with Crippen molar-refractivity contribution in [3.05, 3.63) is 89.7 Å². The van der Waals surface area contributed by atoms with Crippen molar-refractivity contribution in [2.24, 2.45) is 0 Å². The smallest absolute Gasteiger partial charge is 0.242 e. The second-order valence-corrected chi connectivity index (χ2v) is 10.8. The molecule has 0 aliphatic rings.